The highest BCUT2D eigenvalue weighted by molar-refractivity contribution is 6.45. The Morgan fingerprint density at radius 1 is 1.12 bits per heavy atom. The fourth-order valence-corrected chi connectivity index (χ4v) is 2.20. The van der Waals surface area contributed by atoms with Crippen LogP contribution >= 0.6 is 0 Å². The summed E-state index contributed by atoms with van der Waals surface area (Å²) in [7, 11) is 0. The van der Waals surface area contributed by atoms with Crippen LogP contribution in [0.4, 0.5) is 5.69 Å². The third kappa shape index (κ3) is 5.01. The van der Waals surface area contributed by atoms with E-state index in [0.717, 1.165) is 5.56 Å². The summed E-state index contributed by atoms with van der Waals surface area (Å²) in [6.45, 7) is 0.925. The van der Waals surface area contributed by atoms with Gasteiger partial charge in [-0.1, -0.05) is 30.3 Å². The summed E-state index contributed by atoms with van der Waals surface area (Å²) < 4.78 is 5.24. The quantitative estimate of drug-likeness (QED) is 0.495. The molecule has 7 heteroatoms. The molecule has 0 aromatic heterocycles. The van der Waals surface area contributed by atoms with Crippen LogP contribution in [-0.4, -0.2) is 35.1 Å². The lowest BCUT2D eigenvalue weighted by Gasteiger charge is -2.12. The normalized spacial score (nSPS) is 10.0. The molecule has 2 rings (SSSR count). The Hall–Kier alpha value is -3.48. The average molecular weight is 354 g/mol. The molecule has 26 heavy (non-hydrogen) atoms. The molecule has 2 aromatic carbocycles. The van der Waals surface area contributed by atoms with Crippen LogP contribution in [0.1, 0.15) is 28.4 Å². The first-order chi connectivity index (χ1) is 12.4. The summed E-state index contributed by atoms with van der Waals surface area (Å²) in [5.74, 6) is -2.17. The van der Waals surface area contributed by atoms with Crippen LogP contribution < -0.4 is 5.32 Å². The van der Waals surface area contributed by atoms with Crippen molar-refractivity contribution < 1.29 is 24.2 Å². The minimum Gasteiger partial charge on any atom is -0.480 e. The Kier molecular flexibility index (Phi) is 6.21. The van der Waals surface area contributed by atoms with E-state index in [0.29, 0.717) is 0 Å². The van der Waals surface area contributed by atoms with Crippen molar-refractivity contribution >= 4 is 29.1 Å². The number of anilines is 1. The molecule has 0 heterocycles. The van der Waals surface area contributed by atoms with Gasteiger partial charge in [0.1, 0.15) is 18.9 Å². The van der Waals surface area contributed by atoms with Crippen molar-refractivity contribution in [3.05, 3.63) is 65.2 Å². The third-order valence-electron chi connectivity index (χ3n) is 3.52. The van der Waals surface area contributed by atoms with Crippen LogP contribution in [-0.2, 0) is 20.9 Å². The second-order valence-corrected chi connectivity index (χ2v) is 5.50. The van der Waals surface area contributed by atoms with Crippen molar-refractivity contribution in [3.8, 4) is 0 Å². The van der Waals surface area contributed by atoms with Crippen LogP contribution in [0.2, 0.25) is 0 Å². The monoisotopic (exact) mass is 354 g/mol. The molecule has 0 unspecified atom stereocenters. The van der Waals surface area contributed by atoms with Gasteiger partial charge in [0.15, 0.2) is 5.78 Å². The van der Waals surface area contributed by atoms with E-state index < -0.39 is 24.3 Å². The van der Waals surface area contributed by atoms with Gasteiger partial charge in [-0.25, -0.2) is 4.79 Å². The second-order valence-electron chi connectivity index (χ2n) is 5.50. The molecule has 0 spiro atoms. The number of ketones is 1. The summed E-state index contributed by atoms with van der Waals surface area (Å²) >= 11 is 0. The molecule has 2 aromatic rings. The number of carboxylic acids is 1. The van der Waals surface area contributed by atoms with Gasteiger partial charge in [0.25, 0.3) is 0 Å². The minimum absolute atomic E-state index is 0.0998. The maximum Gasteiger partial charge on any atom is 0.338 e. The van der Waals surface area contributed by atoms with Crippen molar-refractivity contribution in [2.75, 3.05) is 11.9 Å². The van der Waals surface area contributed by atoms with Crippen LogP contribution in [0.3, 0.4) is 0 Å². The molecule has 0 amide bonds. The number of carboxylic acid groups (broad SMARTS) is 1. The number of aliphatic carboxylic acids is 1. The Bertz CT molecular complexity index is 846. The number of hydrogen-bond donors (Lipinski definition) is 3. The number of Topliss-reactive ketones (excluding diaryl/α,β-unsaturated/α-hetero) is 1. The molecule has 7 nitrogen and oxygen atoms in total. The summed E-state index contributed by atoms with van der Waals surface area (Å²) in [5.41, 5.74) is 1.18. The highest BCUT2D eigenvalue weighted by Crippen LogP contribution is 2.20. The molecule has 134 valence electrons. The van der Waals surface area contributed by atoms with Crippen molar-refractivity contribution in [3.63, 3.8) is 0 Å². The molecule has 0 aliphatic rings. The first kappa shape index (κ1) is 18.9. The highest BCUT2D eigenvalue weighted by atomic mass is 16.5. The number of esters is 1. The predicted molar refractivity (Wildman–Crippen MR) is 95.6 cm³/mol. The Labute approximate surface area is 150 Å². The Morgan fingerprint density at radius 3 is 2.42 bits per heavy atom. The van der Waals surface area contributed by atoms with E-state index in [9.17, 15) is 14.4 Å². The minimum atomic E-state index is -1.11. The van der Waals surface area contributed by atoms with E-state index in [2.05, 4.69) is 5.32 Å². The molecular weight excluding hydrogens is 336 g/mol. The maximum atomic E-state index is 12.2. The smallest absolute Gasteiger partial charge is 0.338 e. The van der Waals surface area contributed by atoms with Crippen LogP contribution in [0.5, 0.6) is 0 Å². The fraction of sp³-hybridized carbons (Fsp3) is 0.158. The molecule has 0 bridgehead atoms. The molecular formula is C19H18N2O5. The first-order valence-electron chi connectivity index (χ1n) is 7.79. The first-order valence-corrected chi connectivity index (χ1v) is 7.79. The number of rotatable bonds is 8. The summed E-state index contributed by atoms with van der Waals surface area (Å²) in [6, 6.07) is 13.4. The van der Waals surface area contributed by atoms with E-state index in [-0.39, 0.29) is 29.1 Å². The maximum absolute atomic E-state index is 12.2. The van der Waals surface area contributed by atoms with Crippen molar-refractivity contribution in [2.45, 2.75) is 13.5 Å². The van der Waals surface area contributed by atoms with Crippen molar-refractivity contribution in [1.29, 1.82) is 5.41 Å². The molecule has 3 N–H and O–H groups in total. The zero-order chi connectivity index (χ0) is 19.1. The topological polar surface area (TPSA) is 117 Å². The highest BCUT2D eigenvalue weighted by Gasteiger charge is 2.16. The lowest BCUT2D eigenvalue weighted by molar-refractivity contribution is -0.134. The van der Waals surface area contributed by atoms with Gasteiger partial charge >= 0.3 is 11.9 Å². The average Bonchev–Trinajstić information content (AvgIpc) is 2.64. The van der Waals surface area contributed by atoms with E-state index in [1.54, 1.807) is 0 Å². The van der Waals surface area contributed by atoms with E-state index >= 15 is 0 Å². The zero-order valence-corrected chi connectivity index (χ0v) is 14.1. The number of benzene rings is 2. The number of hydrogen-bond acceptors (Lipinski definition) is 6. The predicted octanol–water partition coefficient (Wildman–Crippen LogP) is 2.50. The lowest BCUT2D eigenvalue weighted by Crippen LogP contribution is -2.18. The Balaban J connectivity index is 2.21. The largest absolute Gasteiger partial charge is 0.480 e. The summed E-state index contributed by atoms with van der Waals surface area (Å²) in [5, 5.41) is 19.3. The molecule has 0 saturated heterocycles. The standard InChI is InChI=1S/C19H18N2O5/c1-12(22)18(20)15-8-7-14(9-16(15)21-10-17(23)24)19(25)26-11-13-5-3-2-4-6-13/h2-9,20-21H,10-11H2,1H3,(H,23,24). The van der Waals surface area contributed by atoms with Crippen LogP contribution in [0.25, 0.3) is 0 Å². The molecule has 0 saturated carbocycles. The molecule has 0 atom stereocenters. The Morgan fingerprint density at radius 2 is 1.81 bits per heavy atom. The van der Waals surface area contributed by atoms with Crippen LogP contribution in [0.15, 0.2) is 48.5 Å². The van der Waals surface area contributed by atoms with Gasteiger partial charge in [0, 0.05) is 18.2 Å². The molecule has 0 radical (unpaired) electrons. The molecule has 0 aliphatic carbocycles. The zero-order valence-electron chi connectivity index (χ0n) is 14.1. The SMILES string of the molecule is CC(=O)C(=N)c1ccc(C(=O)OCc2ccccc2)cc1NCC(=O)O. The lowest BCUT2D eigenvalue weighted by atomic mass is 10.0. The van der Waals surface area contributed by atoms with Crippen LogP contribution in [0, 0.1) is 5.41 Å². The van der Waals surface area contributed by atoms with Crippen molar-refractivity contribution in [1.82, 2.24) is 0 Å². The van der Waals surface area contributed by atoms with Crippen molar-refractivity contribution in [2.24, 2.45) is 0 Å². The van der Waals surface area contributed by atoms with E-state index in [1.165, 1.54) is 25.1 Å². The molecule has 0 fully saturated rings. The number of carbonyl (C=O) groups excluding carboxylic acids is 2. The second kappa shape index (κ2) is 8.57. The van der Waals surface area contributed by atoms with Gasteiger partial charge in [-0.15, -0.1) is 0 Å². The van der Waals surface area contributed by atoms with Gasteiger partial charge in [-0.05, 0) is 23.8 Å². The van der Waals surface area contributed by atoms with Gasteiger partial charge in [0.05, 0.1) is 5.56 Å². The fourth-order valence-electron chi connectivity index (χ4n) is 2.20. The number of carbonyl (C=O) groups is 3. The van der Waals surface area contributed by atoms with E-state index in [4.69, 9.17) is 15.3 Å². The summed E-state index contributed by atoms with van der Waals surface area (Å²) in [4.78, 5) is 34.5. The van der Waals surface area contributed by atoms with E-state index in [1.807, 2.05) is 30.3 Å². The van der Waals surface area contributed by atoms with Gasteiger partial charge < -0.3 is 15.2 Å². The molecule has 0 aliphatic heterocycles. The number of ether oxygens (including phenoxy) is 1. The van der Waals surface area contributed by atoms with Gasteiger partial charge in [-0.2, -0.15) is 0 Å². The summed E-state index contributed by atoms with van der Waals surface area (Å²) in [6.07, 6.45) is 0. The third-order valence-corrected chi connectivity index (χ3v) is 3.52. The van der Waals surface area contributed by atoms with Gasteiger partial charge in [-0.3, -0.25) is 15.0 Å². The number of nitrogens with one attached hydrogen (secondary N) is 2. The van der Waals surface area contributed by atoms with Gasteiger partial charge in [0.2, 0.25) is 0 Å².